The summed E-state index contributed by atoms with van der Waals surface area (Å²) in [5, 5.41) is 7.24. The van der Waals surface area contributed by atoms with Gasteiger partial charge in [-0.05, 0) is 18.2 Å². The van der Waals surface area contributed by atoms with Crippen molar-refractivity contribution < 1.29 is 8.42 Å². The molecular formula is C13H19N5O2S. The van der Waals surface area contributed by atoms with E-state index in [1.54, 1.807) is 16.9 Å². The molecule has 0 aliphatic carbocycles. The molecule has 1 aromatic carbocycles. The number of aromatic nitrogens is 2. The fraction of sp³-hybridized carbons (Fsp3) is 0.308. The van der Waals surface area contributed by atoms with Gasteiger partial charge in [0.1, 0.15) is 0 Å². The maximum Gasteiger partial charge on any atom is 0.242 e. The average Bonchev–Trinajstić information content (AvgIpc) is 2.82. The van der Waals surface area contributed by atoms with Crippen LogP contribution in [0, 0.1) is 0 Å². The lowest BCUT2D eigenvalue weighted by molar-refractivity contribution is 0.521. The van der Waals surface area contributed by atoms with Crippen LogP contribution >= 0.6 is 0 Å². The van der Waals surface area contributed by atoms with Gasteiger partial charge in [-0.3, -0.25) is 4.68 Å². The highest BCUT2D eigenvalue weighted by Crippen LogP contribution is 2.24. The van der Waals surface area contributed by atoms with Gasteiger partial charge in [0.15, 0.2) is 0 Å². The maximum atomic E-state index is 12.0. The third kappa shape index (κ3) is 3.34. The SMILES string of the molecule is CN(C)S(=O)(=O)c1ccc(NCc2cnn(C)c2)c(N)c1. The standard InChI is InChI=1S/C13H19N5O2S/c1-17(2)21(19,20)11-4-5-13(12(14)6-11)15-7-10-8-16-18(3)9-10/h4-6,8-9,15H,7,14H2,1-3H3. The van der Waals surface area contributed by atoms with E-state index in [-0.39, 0.29) is 4.90 Å². The largest absolute Gasteiger partial charge is 0.397 e. The number of rotatable bonds is 5. The quantitative estimate of drug-likeness (QED) is 0.799. The lowest BCUT2D eigenvalue weighted by atomic mass is 10.2. The van der Waals surface area contributed by atoms with Crippen LogP contribution in [0.3, 0.4) is 0 Å². The van der Waals surface area contributed by atoms with Gasteiger partial charge in [0.2, 0.25) is 10.0 Å². The summed E-state index contributed by atoms with van der Waals surface area (Å²) < 4.78 is 26.9. The fourth-order valence-electron chi connectivity index (χ4n) is 1.83. The highest BCUT2D eigenvalue weighted by Gasteiger charge is 2.18. The summed E-state index contributed by atoms with van der Waals surface area (Å²) in [6.45, 7) is 0.567. The topological polar surface area (TPSA) is 93.2 Å². The van der Waals surface area contributed by atoms with Crippen molar-refractivity contribution in [3.05, 3.63) is 36.2 Å². The minimum absolute atomic E-state index is 0.178. The number of aryl methyl sites for hydroxylation is 1. The molecule has 0 aliphatic rings. The number of nitrogen functional groups attached to an aromatic ring is 1. The number of nitrogens with two attached hydrogens (primary N) is 1. The number of sulfonamides is 1. The Labute approximate surface area is 124 Å². The summed E-state index contributed by atoms with van der Waals surface area (Å²) in [5.74, 6) is 0. The molecule has 0 fully saturated rings. The Kier molecular flexibility index (Phi) is 4.19. The normalized spacial score (nSPS) is 11.8. The van der Waals surface area contributed by atoms with Crippen molar-refractivity contribution in [1.29, 1.82) is 0 Å². The summed E-state index contributed by atoms with van der Waals surface area (Å²) in [6, 6.07) is 4.67. The van der Waals surface area contributed by atoms with Crippen molar-refractivity contribution in [2.75, 3.05) is 25.1 Å². The van der Waals surface area contributed by atoms with Crippen molar-refractivity contribution >= 4 is 21.4 Å². The zero-order chi connectivity index (χ0) is 15.6. The second kappa shape index (κ2) is 5.74. The molecule has 1 aromatic heterocycles. The molecule has 0 aliphatic heterocycles. The molecule has 8 heteroatoms. The van der Waals surface area contributed by atoms with E-state index >= 15 is 0 Å². The van der Waals surface area contributed by atoms with Crippen LogP contribution in [-0.4, -0.2) is 36.6 Å². The van der Waals surface area contributed by atoms with Crippen LogP contribution in [0.2, 0.25) is 0 Å². The molecule has 2 aromatic rings. The van der Waals surface area contributed by atoms with Gasteiger partial charge in [-0.1, -0.05) is 0 Å². The molecule has 0 amide bonds. The minimum atomic E-state index is -3.47. The predicted molar refractivity (Wildman–Crippen MR) is 82.3 cm³/mol. The first-order valence-corrected chi connectivity index (χ1v) is 7.78. The van der Waals surface area contributed by atoms with Crippen molar-refractivity contribution in [2.45, 2.75) is 11.4 Å². The third-order valence-corrected chi connectivity index (χ3v) is 4.85. The first kappa shape index (κ1) is 15.3. The first-order chi connectivity index (χ1) is 9.80. The molecule has 3 N–H and O–H groups in total. The summed E-state index contributed by atoms with van der Waals surface area (Å²) in [6.07, 6.45) is 3.65. The van der Waals surface area contributed by atoms with Gasteiger partial charge in [-0.25, -0.2) is 12.7 Å². The van der Waals surface area contributed by atoms with Crippen LogP contribution in [0.15, 0.2) is 35.5 Å². The number of nitrogens with one attached hydrogen (secondary N) is 1. The van der Waals surface area contributed by atoms with Crippen molar-refractivity contribution in [3.63, 3.8) is 0 Å². The highest BCUT2D eigenvalue weighted by molar-refractivity contribution is 7.89. The second-order valence-corrected chi connectivity index (χ2v) is 7.06. The highest BCUT2D eigenvalue weighted by atomic mass is 32.2. The molecule has 21 heavy (non-hydrogen) atoms. The molecule has 0 radical (unpaired) electrons. The zero-order valence-electron chi connectivity index (χ0n) is 12.2. The average molecular weight is 309 g/mol. The maximum absolute atomic E-state index is 12.0. The Balaban J connectivity index is 2.16. The Morgan fingerprint density at radius 3 is 2.62 bits per heavy atom. The summed E-state index contributed by atoms with van der Waals surface area (Å²) >= 11 is 0. The lowest BCUT2D eigenvalue weighted by Crippen LogP contribution is -2.22. The molecule has 7 nitrogen and oxygen atoms in total. The van der Waals surface area contributed by atoms with E-state index in [2.05, 4.69) is 10.4 Å². The smallest absolute Gasteiger partial charge is 0.242 e. The molecule has 114 valence electrons. The fourth-order valence-corrected chi connectivity index (χ4v) is 2.77. The van der Waals surface area contributed by atoms with Gasteiger partial charge in [-0.2, -0.15) is 5.10 Å². The number of anilines is 2. The van der Waals surface area contributed by atoms with Gasteiger partial charge in [0.25, 0.3) is 0 Å². The number of benzene rings is 1. The molecule has 1 heterocycles. The van der Waals surface area contributed by atoms with Gasteiger partial charge in [-0.15, -0.1) is 0 Å². The van der Waals surface area contributed by atoms with Gasteiger partial charge >= 0.3 is 0 Å². The molecule has 0 saturated carbocycles. The molecule has 0 atom stereocenters. The van der Waals surface area contributed by atoms with Crippen LogP contribution in [-0.2, 0) is 23.6 Å². The van der Waals surface area contributed by atoms with Crippen LogP contribution in [0.1, 0.15) is 5.56 Å². The van der Waals surface area contributed by atoms with E-state index in [0.29, 0.717) is 17.9 Å². The number of nitrogens with zero attached hydrogens (tertiary/aromatic N) is 3. The van der Waals surface area contributed by atoms with E-state index in [1.165, 1.54) is 26.2 Å². The van der Waals surface area contributed by atoms with Gasteiger partial charge < -0.3 is 11.1 Å². The van der Waals surface area contributed by atoms with E-state index < -0.39 is 10.0 Å². The van der Waals surface area contributed by atoms with E-state index in [1.807, 2.05) is 13.2 Å². The molecule has 0 bridgehead atoms. The Hall–Kier alpha value is -2.06. The van der Waals surface area contributed by atoms with Crippen molar-refractivity contribution in [3.8, 4) is 0 Å². The first-order valence-electron chi connectivity index (χ1n) is 6.34. The number of hydrogen-bond acceptors (Lipinski definition) is 5. The van der Waals surface area contributed by atoms with E-state index in [9.17, 15) is 8.42 Å². The Bertz CT molecular complexity index is 737. The van der Waals surface area contributed by atoms with E-state index in [0.717, 1.165) is 9.87 Å². The van der Waals surface area contributed by atoms with Crippen LogP contribution < -0.4 is 11.1 Å². The van der Waals surface area contributed by atoms with E-state index in [4.69, 9.17) is 5.73 Å². The summed E-state index contributed by atoms with van der Waals surface area (Å²) in [7, 11) is 1.35. The van der Waals surface area contributed by atoms with Crippen molar-refractivity contribution in [2.24, 2.45) is 7.05 Å². The Morgan fingerprint density at radius 2 is 2.10 bits per heavy atom. The monoisotopic (exact) mass is 309 g/mol. The lowest BCUT2D eigenvalue weighted by Gasteiger charge is -2.14. The van der Waals surface area contributed by atoms with Gasteiger partial charge in [0, 0.05) is 39.4 Å². The van der Waals surface area contributed by atoms with Gasteiger partial charge in [0.05, 0.1) is 22.5 Å². The Morgan fingerprint density at radius 1 is 1.38 bits per heavy atom. The predicted octanol–water partition coefficient (Wildman–Crippen LogP) is 0.865. The minimum Gasteiger partial charge on any atom is -0.397 e. The molecule has 0 spiro atoms. The molecule has 0 saturated heterocycles. The van der Waals surface area contributed by atoms with Crippen molar-refractivity contribution in [1.82, 2.24) is 14.1 Å². The van der Waals surface area contributed by atoms with Crippen LogP contribution in [0.25, 0.3) is 0 Å². The zero-order valence-corrected chi connectivity index (χ0v) is 13.1. The number of hydrogen-bond donors (Lipinski definition) is 2. The van der Waals surface area contributed by atoms with Crippen LogP contribution in [0.5, 0.6) is 0 Å². The second-order valence-electron chi connectivity index (χ2n) is 4.91. The third-order valence-electron chi connectivity index (χ3n) is 3.04. The summed E-state index contributed by atoms with van der Waals surface area (Å²) in [5.41, 5.74) is 8.02. The molecule has 0 unspecified atom stereocenters. The molecule has 2 rings (SSSR count). The van der Waals surface area contributed by atoms with Crippen LogP contribution in [0.4, 0.5) is 11.4 Å². The summed E-state index contributed by atoms with van der Waals surface area (Å²) in [4.78, 5) is 0.178. The molecular weight excluding hydrogens is 290 g/mol.